The van der Waals surface area contributed by atoms with Crippen molar-refractivity contribution in [3.8, 4) is 0 Å². The fourth-order valence-corrected chi connectivity index (χ4v) is 8.87. The first-order chi connectivity index (χ1) is 17.7. The molecule has 43 heavy (non-hydrogen) atoms. The second-order valence-corrected chi connectivity index (χ2v) is 14.5. The Morgan fingerprint density at radius 2 is 1.23 bits per heavy atom. The number of alkyl halides is 6. The van der Waals surface area contributed by atoms with Gasteiger partial charge in [-0.25, -0.2) is 0 Å². The minimum absolute atomic E-state index is 0. The normalized spacial score (nSPS) is 37.6. The van der Waals surface area contributed by atoms with Crippen molar-refractivity contribution >= 4 is 5.97 Å². The standard InChI is InChI=1S/C17H28O2.C13H18F6O.4CH4/c1-5-16(2,3)15(18)19-17(4)13-7-11-6-12(9-13)10-14(17)8-11;1-6-7(2)10-4-8(6)3-9(10)5-11(20,12(14,15)16)13(17,18)19;;;;/h11-14H,5-10H2,1-4H3;6-10,20H,3-5H2,1-2H3;4*1H4. The largest absolute Gasteiger partial charge is 0.458 e. The molecular formula is C34H62F6O3. The molecule has 3 nitrogen and oxygen atoms in total. The number of hydrogen-bond acceptors (Lipinski definition) is 3. The van der Waals surface area contributed by atoms with Crippen molar-refractivity contribution in [1.82, 2.24) is 0 Å². The molecule has 6 fully saturated rings. The maximum atomic E-state index is 12.7. The van der Waals surface area contributed by atoms with E-state index in [2.05, 4.69) is 13.8 Å². The van der Waals surface area contributed by atoms with Gasteiger partial charge in [0.15, 0.2) is 0 Å². The minimum Gasteiger partial charge on any atom is -0.458 e. The highest BCUT2D eigenvalue weighted by Gasteiger charge is 2.71. The van der Waals surface area contributed by atoms with Gasteiger partial charge in [0.2, 0.25) is 0 Å². The smallest absolute Gasteiger partial charge is 0.426 e. The molecular weight excluding hydrogens is 570 g/mol. The second kappa shape index (κ2) is 13.8. The molecule has 0 heterocycles. The molecule has 6 rings (SSSR count). The van der Waals surface area contributed by atoms with Crippen molar-refractivity contribution in [1.29, 1.82) is 0 Å². The molecule has 6 aliphatic rings. The number of fused-ring (bicyclic) bond motifs is 2. The molecule has 6 aliphatic carbocycles. The lowest BCUT2D eigenvalue weighted by molar-refractivity contribution is -0.373. The van der Waals surface area contributed by atoms with Gasteiger partial charge in [-0.05, 0) is 132 Å². The van der Waals surface area contributed by atoms with E-state index in [1.54, 1.807) is 0 Å². The lowest BCUT2D eigenvalue weighted by Crippen LogP contribution is -2.58. The third-order valence-corrected chi connectivity index (χ3v) is 12.0. The Balaban J connectivity index is 0.000000751. The molecule has 6 saturated carbocycles. The molecule has 1 N–H and O–H groups in total. The van der Waals surface area contributed by atoms with Gasteiger partial charge in [0.1, 0.15) is 5.60 Å². The van der Waals surface area contributed by atoms with Gasteiger partial charge < -0.3 is 9.84 Å². The van der Waals surface area contributed by atoms with Crippen LogP contribution in [-0.4, -0.2) is 34.6 Å². The summed E-state index contributed by atoms with van der Waals surface area (Å²) >= 11 is 0. The Kier molecular flexibility index (Phi) is 13.5. The summed E-state index contributed by atoms with van der Waals surface area (Å²) in [5, 5.41) is 9.28. The van der Waals surface area contributed by atoms with Crippen molar-refractivity contribution in [2.75, 3.05) is 0 Å². The molecule has 0 aromatic heterocycles. The zero-order chi connectivity index (χ0) is 29.3. The summed E-state index contributed by atoms with van der Waals surface area (Å²) in [5.74, 6) is 2.90. The topological polar surface area (TPSA) is 46.5 Å². The maximum Gasteiger partial charge on any atom is 0.426 e. The molecule has 0 aromatic rings. The average molecular weight is 633 g/mol. The van der Waals surface area contributed by atoms with Crippen molar-refractivity contribution in [2.24, 2.45) is 58.7 Å². The molecule has 9 heteroatoms. The van der Waals surface area contributed by atoms with Crippen molar-refractivity contribution < 1.29 is 41.0 Å². The van der Waals surface area contributed by atoms with E-state index in [-0.39, 0.29) is 64.4 Å². The summed E-state index contributed by atoms with van der Waals surface area (Å²) in [6.45, 7) is 12.2. The van der Waals surface area contributed by atoms with Gasteiger partial charge in [-0.1, -0.05) is 50.5 Å². The van der Waals surface area contributed by atoms with Crippen LogP contribution in [0.3, 0.4) is 0 Å². The summed E-state index contributed by atoms with van der Waals surface area (Å²) in [6, 6.07) is 0. The lowest BCUT2D eigenvalue weighted by Gasteiger charge is -2.59. The lowest BCUT2D eigenvalue weighted by atomic mass is 9.50. The van der Waals surface area contributed by atoms with E-state index in [0.29, 0.717) is 30.6 Å². The maximum absolute atomic E-state index is 12.7. The third kappa shape index (κ3) is 7.37. The highest BCUT2D eigenvalue weighted by Crippen LogP contribution is 2.60. The van der Waals surface area contributed by atoms with Crippen molar-refractivity contribution in [3.05, 3.63) is 0 Å². The Labute approximate surface area is 258 Å². The second-order valence-electron chi connectivity index (χ2n) is 14.5. The highest BCUT2D eigenvalue weighted by atomic mass is 19.4. The van der Waals surface area contributed by atoms with Crippen LogP contribution in [0.4, 0.5) is 26.3 Å². The van der Waals surface area contributed by atoms with Crippen LogP contribution in [0.15, 0.2) is 0 Å². The number of carbonyl (C=O) groups excluding carboxylic acids is 1. The predicted molar refractivity (Wildman–Crippen MR) is 162 cm³/mol. The number of hydrogen-bond donors (Lipinski definition) is 1. The number of ether oxygens (including phenoxy) is 1. The van der Waals surface area contributed by atoms with Gasteiger partial charge in [0, 0.05) is 0 Å². The molecule has 258 valence electrons. The summed E-state index contributed by atoms with van der Waals surface area (Å²) in [5.41, 5.74) is -5.09. The fraction of sp³-hybridized carbons (Fsp3) is 0.971. The molecule has 0 radical (unpaired) electrons. The van der Waals surface area contributed by atoms with Gasteiger partial charge >= 0.3 is 18.3 Å². The zero-order valence-electron chi connectivity index (χ0n) is 24.1. The fourth-order valence-electron chi connectivity index (χ4n) is 8.87. The van der Waals surface area contributed by atoms with E-state index in [1.807, 2.05) is 27.7 Å². The van der Waals surface area contributed by atoms with Crippen LogP contribution in [0.2, 0.25) is 0 Å². The molecule has 5 unspecified atom stereocenters. The molecule has 0 saturated heterocycles. The number of carbonyl (C=O) groups is 1. The van der Waals surface area contributed by atoms with Gasteiger partial charge in [-0.15, -0.1) is 0 Å². The van der Waals surface area contributed by atoms with Crippen molar-refractivity contribution in [3.63, 3.8) is 0 Å². The summed E-state index contributed by atoms with van der Waals surface area (Å²) in [6.07, 6.45) is -4.15. The number of aliphatic hydroxyl groups is 1. The van der Waals surface area contributed by atoms with Gasteiger partial charge in [-0.3, -0.25) is 4.79 Å². The molecule has 5 atom stereocenters. The summed E-state index contributed by atoms with van der Waals surface area (Å²) in [7, 11) is 0. The average Bonchev–Trinajstić information content (AvgIpc) is 3.34. The van der Waals surface area contributed by atoms with E-state index in [4.69, 9.17) is 4.74 Å². The molecule has 0 aromatic carbocycles. The number of esters is 1. The van der Waals surface area contributed by atoms with Crippen LogP contribution >= 0.6 is 0 Å². The van der Waals surface area contributed by atoms with Gasteiger partial charge in [0.05, 0.1) is 5.41 Å². The van der Waals surface area contributed by atoms with E-state index in [0.717, 1.165) is 18.3 Å². The van der Waals surface area contributed by atoms with E-state index >= 15 is 0 Å². The van der Waals surface area contributed by atoms with Crippen LogP contribution in [0.25, 0.3) is 0 Å². The van der Waals surface area contributed by atoms with E-state index in [9.17, 15) is 36.2 Å². The highest BCUT2D eigenvalue weighted by molar-refractivity contribution is 5.76. The Morgan fingerprint density at radius 1 is 0.791 bits per heavy atom. The zero-order valence-corrected chi connectivity index (χ0v) is 24.1. The first kappa shape index (κ1) is 42.0. The van der Waals surface area contributed by atoms with Crippen molar-refractivity contribution in [2.45, 2.75) is 153 Å². The number of halogens is 6. The Morgan fingerprint density at radius 3 is 1.58 bits per heavy atom. The summed E-state index contributed by atoms with van der Waals surface area (Å²) < 4.78 is 82.3. The van der Waals surface area contributed by atoms with Crippen LogP contribution < -0.4 is 0 Å². The van der Waals surface area contributed by atoms with E-state index in [1.165, 1.54) is 32.1 Å². The van der Waals surface area contributed by atoms with Crippen LogP contribution in [0, 0.1) is 58.7 Å². The molecule has 6 bridgehead atoms. The third-order valence-electron chi connectivity index (χ3n) is 12.0. The predicted octanol–water partition coefficient (Wildman–Crippen LogP) is 10.9. The monoisotopic (exact) mass is 632 g/mol. The SMILES string of the molecule is C.C.C.C.CC1C2CC(CC(O)(C(F)(F)F)C(F)(F)F)C(C2)C1C.CCC(C)(C)C(=O)OC1(C)C2CC3CC(C2)CC1C3. The molecule has 0 spiro atoms. The minimum atomic E-state index is -5.69. The Bertz CT molecular complexity index is 867. The summed E-state index contributed by atoms with van der Waals surface area (Å²) in [4.78, 5) is 12.5. The first-order valence-corrected chi connectivity index (χ1v) is 14.8. The Hall–Kier alpha value is -0.990. The molecule has 0 aliphatic heterocycles. The van der Waals surface area contributed by atoms with Crippen LogP contribution in [-0.2, 0) is 9.53 Å². The first-order valence-electron chi connectivity index (χ1n) is 14.8. The van der Waals surface area contributed by atoms with E-state index < -0.39 is 30.3 Å². The van der Waals surface area contributed by atoms with Gasteiger partial charge in [-0.2, -0.15) is 26.3 Å². The van der Waals surface area contributed by atoms with Crippen LogP contribution in [0.1, 0.15) is 129 Å². The number of rotatable bonds is 5. The molecule has 0 amide bonds. The quantitative estimate of drug-likeness (QED) is 0.242. The van der Waals surface area contributed by atoms with Gasteiger partial charge in [0.25, 0.3) is 5.60 Å². The van der Waals surface area contributed by atoms with Crippen LogP contribution in [0.5, 0.6) is 0 Å².